The molecule has 7 aliphatic heterocycles. The van der Waals surface area contributed by atoms with Gasteiger partial charge in [-0.15, -0.1) is 0 Å². The molecule has 3 aromatic rings. The van der Waals surface area contributed by atoms with Gasteiger partial charge in [-0.05, 0) is 156 Å². The van der Waals surface area contributed by atoms with Crippen LogP contribution in [0.15, 0.2) is 103 Å². The molecular formula is C82H169N11O18PdS6. The van der Waals surface area contributed by atoms with Crippen LogP contribution in [-0.2, 0) is 68.5 Å². The third kappa shape index (κ3) is 59.7. The molecule has 10 rings (SSSR count). The van der Waals surface area contributed by atoms with Gasteiger partial charge in [-0.2, -0.15) is 81.0 Å². The van der Waals surface area contributed by atoms with E-state index in [0.29, 0.717) is 91.1 Å². The summed E-state index contributed by atoms with van der Waals surface area (Å²) in [5, 5.41) is 56.5. The number of carbonyl (C=O) groups is 5. The second-order valence-electron chi connectivity index (χ2n) is 31.6. The number of carbonyl (C=O) groups excluding carboxylic acids is 5. The summed E-state index contributed by atoms with van der Waals surface area (Å²) in [6.45, 7) is 38.4. The molecule has 7 heterocycles. The molecule has 0 spiro atoms. The molecule has 0 aliphatic carbocycles. The van der Waals surface area contributed by atoms with Gasteiger partial charge in [0.15, 0.2) is 0 Å². The number of aliphatic hydroxyl groups excluding tert-OH is 5. The first-order valence-electron chi connectivity index (χ1n) is 35.8. The first-order chi connectivity index (χ1) is 47.9. The topological polar surface area (TPSA) is 393 Å². The zero-order valence-corrected chi connectivity index (χ0v) is 77.2. The van der Waals surface area contributed by atoms with Crippen molar-refractivity contribution in [2.75, 3.05) is 113 Å². The van der Waals surface area contributed by atoms with Crippen LogP contribution in [-0.4, -0.2) is 303 Å². The largest absolute Gasteiger partial charge is 0.444 e. The molecule has 10 atom stereocenters. The van der Waals surface area contributed by atoms with Gasteiger partial charge in [0.05, 0.1) is 75.3 Å². The minimum absolute atomic E-state index is 0. The Morgan fingerprint density at radius 1 is 0.424 bits per heavy atom. The molecular weight excluding hydrogens is 1730 g/mol. The Morgan fingerprint density at radius 3 is 0.924 bits per heavy atom. The Bertz CT molecular complexity index is 2900. The zero-order chi connectivity index (χ0) is 77.6. The maximum Gasteiger partial charge on any atom is 0.410 e. The van der Waals surface area contributed by atoms with E-state index in [1.165, 1.54) is 5.56 Å². The standard InChI is InChI=1S/2C16H24N2O3.C11H22N2O3.C9H15NO3.C9H15NO2.C7H9N.C6H14N2O.C2H6O.6CH4.2H2O.Pd.6H2S/c2*1-16(2,3)21-15(20)18-10-13(14(19)11-18)17-9-12-7-5-4-6-8-12;1-11(2,3)16-10(15)13-6-8(12(4)5)9(14)7-13;1-9(2,3)13-8(11)10-4-6-7(5-10)12-6;1-9(2,3)12-8(11)10-6-4-5-7-10;8-6-7-4-2-1-3-5-7;1-8(2)5-3-7-4-6(5)9;1-2-3;;;;;;;;;;;;;;;/h2*4-8,13-14,17,19H,9-11H2,1-3H3;8-9,14H,6-7H2,1-5H3;6-7H,4-5H2,1-3H3;4-5H,6-7H2,1-3H3;1-5H,6,8H2;5-7,9H,3-4H2,1-2H3;3H,2H2,1H3;6*1H4;2*1H2;;6*1H2/t2*13-,14-;8-,9-;;;;5-,6-;;;;;;;;;;;;;;;;/m100...0................/s1. The average molecular weight is 1900 g/mol. The number of likely N-dealkylation sites (N-methyl/N-ethyl adjacent to an activating group) is 2. The van der Waals surface area contributed by atoms with E-state index >= 15 is 0 Å². The van der Waals surface area contributed by atoms with Crippen molar-refractivity contribution in [2.45, 2.75) is 264 Å². The van der Waals surface area contributed by atoms with E-state index in [4.69, 9.17) is 39.3 Å². The van der Waals surface area contributed by atoms with Crippen LogP contribution in [0, 0.1) is 0 Å². The minimum Gasteiger partial charge on any atom is -0.444 e. The molecule has 706 valence electrons. The first-order valence-corrected chi connectivity index (χ1v) is 35.8. The van der Waals surface area contributed by atoms with Crippen molar-refractivity contribution in [3.8, 4) is 0 Å². The van der Waals surface area contributed by atoms with Crippen LogP contribution < -0.4 is 21.7 Å². The number of benzene rings is 3. The molecule has 3 aromatic carbocycles. The Morgan fingerprint density at radius 2 is 0.686 bits per heavy atom. The average Bonchev–Trinajstić information content (AvgIpc) is 1.63. The quantitative estimate of drug-likeness (QED) is 0.0416. The molecule has 36 heteroatoms. The minimum atomic E-state index is -0.568. The van der Waals surface area contributed by atoms with Gasteiger partial charge in [0.2, 0.25) is 0 Å². The SMILES string of the molecule is C.C.C.C.C.C.CC(C)(C)OC(=O)N1CC2OC2C1.CC(C)(C)OC(=O)N1CC=CC1.CC(C)(C)OC(=O)N1C[C@@H](O)[C@H](NCc2ccccc2)C1.CC(C)(C)OC(=O)N1C[C@H](NCc2ccccc2)[C@@H](O)C1.CCO.CN(C)[C@H]1CN(C(=O)OC(C)(C)C)C[C@@H]1O.CN(C)[C@H]1CNC[C@@H]1O.NCc1ccccc1.O.O.S.S.S.S.S.S.[Pd]. The molecule has 0 saturated carbocycles. The van der Waals surface area contributed by atoms with Crippen molar-refractivity contribution in [3.05, 3.63) is 120 Å². The summed E-state index contributed by atoms with van der Waals surface area (Å²) in [5.74, 6) is 0. The number of ether oxygens (including phenoxy) is 6. The molecule has 0 aromatic heterocycles. The van der Waals surface area contributed by atoms with Gasteiger partial charge in [-0.25, -0.2) is 24.0 Å². The van der Waals surface area contributed by atoms with E-state index in [2.05, 4.69) is 16.0 Å². The number of hydrogen-bond donors (Lipinski definition) is 9. The fourth-order valence-electron chi connectivity index (χ4n) is 10.6. The molecule has 14 N–H and O–H groups in total. The van der Waals surface area contributed by atoms with Gasteiger partial charge < -0.3 is 121 Å². The molecule has 2 unspecified atom stereocenters. The summed E-state index contributed by atoms with van der Waals surface area (Å²) in [7, 11) is 7.76. The van der Waals surface area contributed by atoms with E-state index in [-0.39, 0.29) is 236 Å². The fraction of sp³-hybridized carbons (Fsp3) is 0.695. The molecule has 29 nitrogen and oxygen atoms in total. The molecule has 0 radical (unpaired) electrons. The maximum atomic E-state index is 12.0. The van der Waals surface area contributed by atoms with Gasteiger partial charge in [-0.1, -0.05) is 148 Å². The van der Waals surface area contributed by atoms with E-state index in [1.807, 2.05) is 245 Å². The summed E-state index contributed by atoms with van der Waals surface area (Å²) in [6, 6.07) is 30.0. The van der Waals surface area contributed by atoms with Crippen LogP contribution in [0.25, 0.3) is 0 Å². The number of nitrogens with two attached hydrogens (primary N) is 1. The molecule has 118 heavy (non-hydrogen) atoms. The molecule has 5 amide bonds. The maximum absolute atomic E-state index is 12.0. The summed E-state index contributed by atoms with van der Waals surface area (Å²) < 4.78 is 31.5. The number of aliphatic hydroxyl groups is 5. The van der Waals surface area contributed by atoms with E-state index < -0.39 is 40.7 Å². The van der Waals surface area contributed by atoms with Crippen molar-refractivity contribution >= 4 is 111 Å². The number of epoxide rings is 1. The van der Waals surface area contributed by atoms with Crippen molar-refractivity contribution in [1.29, 1.82) is 0 Å². The summed E-state index contributed by atoms with van der Waals surface area (Å²) in [5.41, 5.74) is 6.54. The van der Waals surface area contributed by atoms with E-state index in [1.54, 1.807) is 31.4 Å². The fourth-order valence-corrected chi connectivity index (χ4v) is 10.6. The second kappa shape index (κ2) is 69.3. The Labute approximate surface area is 768 Å². The van der Waals surface area contributed by atoms with Gasteiger partial charge in [0.1, 0.15) is 40.2 Å². The molecule has 6 fully saturated rings. The first kappa shape index (κ1) is 143. The number of likely N-dealkylation sites (tertiary alicyclic amines) is 4. The Hall–Kier alpha value is -4.05. The number of β-amino-alcohol motifs (C(OH)–C–C–N with tert-alkyl or cyclic N) is 4. The Kier molecular flexibility index (Phi) is 83.7. The van der Waals surface area contributed by atoms with Crippen LogP contribution in [0.2, 0.25) is 0 Å². The van der Waals surface area contributed by atoms with Crippen LogP contribution in [0.1, 0.15) is 172 Å². The molecule has 0 bridgehead atoms. The number of amides is 5. The van der Waals surface area contributed by atoms with Crippen LogP contribution in [0.5, 0.6) is 0 Å². The molecule has 6 saturated heterocycles. The van der Waals surface area contributed by atoms with Crippen molar-refractivity contribution in [3.63, 3.8) is 0 Å². The normalized spacial score (nSPS) is 20.2. The van der Waals surface area contributed by atoms with Gasteiger partial charge in [0.25, 0.3) is 0 Å². The summed E-state index contributed by atoms with van der Waals surface area (Å²) >= 11 is 0. The van der Waals surface area contributed by atoms with Crippen molar-refractivity contribution in [2.24, 2.45) is 5.73 Å². The van der Waals surface area contributed by atoms with Crippen molar-refractivity contribution < 1.29 is 109 Å². The Balaban J connectivity index is -0.0000000983. The number of hydrogen-bond acceptors (Lipinski definition) is 22. The number of nitrogens with one attached hydrogen (secondary N) is 3. The van der Waals surface area contributed by atoms with Crippen LogP contribution in [0.3, 0.4) is 0 Å². The third-order valence-corrected chi connectivity index (χ3v) is 15.8. The monoisotopic (exact) mass is 1890 g/mol. The number of nitrogens with zero attached hydrogens (tertiary/aromatic N) is 7. The predicted molar refractivity (Wildman–Crippen MR) is 510 cm³/mol. The van der Waals surface area contributed by atoms with Gasteiger partial charge >= 0.3 is 30.5 Å². The van der Waals surface area contributed by atoms with E-state index in [9.17, 15) is 44.4 Å². The second-order valence-corrected chi connectivity index (χ2v) is 31.6. The third-order valence-electron chi connectivity index (χ3n) is 15.8. The number of morpholine rings is 1. The van der Waals surface area contributed by atoms with Gasteiger partial charge in [-0.3, -0.25) is 0 Å². The predicted octanol–water partition coefficient (Wildman–Crippen LogP) is 9.70. The van der Waals surface area contributed by atoms with Gasteiger partial charge in [0, 0.05) is 98.5 Å². The van der Waals surface area contributed by atoms with Crippen LogP contribution >= 0.6 is 81.0 Å². The van der Waals surface area contributed by atoms with Crippen molar-refractivity contribution in [1.82, 2.24) is 50.2 Å². The zero-order valence-electron chi connectivity index (χ0n) is 69.7. The number of rotatable bonds is 9. The molecule has 7 aliphatic rings. The van der Waals surface area contributed by atoms with Crippen LogP contribution in [0.4, 0.5) is 24.0 Å². The smallest absolute Gasteiger partial charge is 0.410 e. The summed E-state index contributed by atoms with van der Waals surface area (Å²) in [6.07, 6.45) is 1.14. The number of fused-ring (bicyclic) bond motifs is 1. The van der Waals surface area contributed by atoms with E-state index in [0.717, 1.165) is 24.2 Å². The summed E-state index contributed by atoms with van der Waals surface area (Å²) in [4.78, 5) is 70.5.